The number of ether oxygens (including phenoxy) is 3. The van der Waals surface area contributed by atoms with Gasteiger partial charge in [-0.1, -0.05) is 31.5 Å². The van der Waals surface area contributed by atoms with Crippen LogP contribution in [0.4, 0.5) is 19.7 Å². The van der Waals surface area contributed by atoms with Gasteiger partial charge in [-0.3, -0.25) is 4.79 Å². The summed E-state index contributed by atoms with van der Waals surface area (Å²) in [6.45, 7) is 7.80. The van der Waals surface area contributed by atoms with Crippen LogP contribution < -0.4 is 16.0 Å². The second-order valence-corrected chi connectivity index (χ2v) is 10.9. The number of amides is 4. The molecule has 2 aromatic rings. The summed E-state index contributed by atoms with van der Waals surface area (Å²) in [5, 5.41) is 3.87. The Labute approximate surface area is 227 Å². The number of hydrogen-bond donors (Lipinski definition) is 2. The second kappa shape index (κ2) is 11.4. The fourth-order valence-corrected chi connectivity index (χ4v) is 4.43. The van der Waals surface area contributed by atoms with Crippen LogP contribution in [0.25, 0.3) is 11.3 Å². The van der Waals surface area contributed by atoms with Crippen LogP contribution in [0.1, 0.15) is 45.1 Å². The van der Waals surface area contributed by atoms with E-state index in [2.05, 4.69) is 5.32 Å². The number of hydrogen-bond acceptors (Lipinski definition) is 8. The molecule has 0 unspecified atom stereocenters. The zero-order valence-corrected chi connectivity index (χ0v) is 22.9. The number of alkyl carbamates (subject to hydrolysis) is 1. The molecule has 204 valence electrons. The number of thiophene rings is 1. The van der Waals surface area contributed by atoms with E-state index in [0.29, 0.717) is 9.78 Å². The number of nitrogens with zero attached hydrogens (tertiary/aromatic N) is 1. The number of nitrogens with one attached hydrogen (secondary N) is 1. The molecule has 1 aliphatic heterocycles. The van der Waals surface area contributed by atoms with Gasteiger partial charge in [0.1, 0.15) is 17.5 Å². The van der Waals surface area contributed by atoms with Crippen LogP contribution in [-0.4, -0.2) is 42.4 Å². The maximum atomic E-state index is 14.4. The van der Waals surface area contributed by atoms with Crippen molar-refractivity contribution in [2.45, 2.75) is 46.3 Å². The Bertz CT molecular complexity index is 1290. The third-order valence-corrected chi connectivity index (χ3v) is 6.31. The summed E-state index contributed by atoms with van der Waals surface area (Å²) in [4.78, 5) is 51.4. The fraction of sp³-hybridized carbons (Fsp3) is 0.360. The maximum Gasteiger partial charge on any atom is 0.408 e. The minimum absolute atomic E-state index is 0.0139. The Kier molecular flexibility index (Phi) is 8.68. The van der Waals surface area contributed by atoms with E-state index in [-0.39, 0.29) is 33.5 Å². The molecule has 0 spiro atoms. The van der Waals surface area contributed by atoms with Crippen molar-refractivity contribution in [1.82, 2.24) is 5.32 Å². The van der Waals surface area contributed by atoms with E-state index in [1.165, 1.54) is 11.3 Å². The van der Waals surface area contributed by atoms with Crippen molar-refractivity contribution in [2.24, 2.45) is 11.7 Å². The summed E-state index contributed by atoms with van der Waals surface area (Å²) in [7, 11) is 0. The van der Waals surface area contributed by atoms with Gasteiger partial charge < -0.3 is 25.3 Å². The summed E-state index contributed by atoms with van der Waals surface area (Å²) < 4.78 is 30.6. The van der Waals surface area contributed by atoms with Crippen LogP contribution in [0.5, 0.6) is 0 Å². The Balaban J connectivity index is 1.90. The topological polar surface area (TPSA) is 137 Å². The predicted octanol–water partition coefficient (Wildman–Crippen LogP) is 4.90. The molecule has 0 fully saturated rings. The Morgan fingerprint density at radius 2 is 1.89 bits per heavy atom. The first-order chi connectivity index (χ1) is 17.7. The number of nitrogens with two attached hydrogens (primary N) is 1. The summed E-state index contributed by atoms with van der Waals surface area (Å²) >= 11 is 7.07. The minimum Gasteiger partial charge on any atom is -0.455 e. The lowest BCUT2D eigenvalue weighted by molar-refractivity contribution is -0.155. The van der Waals surface area contributed by atoms with Crippen molar-refractivity contribution < 1.29 is 37.8 Å². The first-order valence-corrected chi connectivity index (χ1v) is 12.7. The molecule has 3 N–H and O–H groups in total. The van der Waals surface area contributed by atoms with Crippen LogP contribution in [-0.2, 0) is 23.8 Å². The molecule has 13 heteroatoms. The Hall–Kier alpha value is -3.64. The molecule has 1 aromatic heterocycles. The molecule has 38 heavy (non-hydrogen) atoms. The van der Waals surface area contributed by atoms with Crippen molar-refractivity contribution in [3.05, 3.63) is 50.9 Å². The number of primary amides is 1. The Morgan fingerprint density at radius 1 is 1.21 bits per heavy atom. The van der Waals surface area contributed by atoms with Crippen LogP contribution in [0, 0.1) is 11.7 Å². The average Bonchev–Trinajstić information content (AvgIpc) is 3.41. The summed E-state index contributed by atoms with van der Waals surface area (Å²) in [6.07, 6.45) is -0.796. The smallest absolute Gasteiger partial charge is 0.408 e. The molecule has 0 bridgehead atoms. The molecule has 0 saturated heterocycles. The number of anilines is 1. The average molecular weight is 568 g/mol. The third-order valence-electron chi connectivity index (χ3n) is 5.16. The number of rotatable bonds is 7. The number of urea groups is 1. The molecular weight excluding hydrogens is 541 g/mol. The second-order valence-electron chi connectivity index (χ2n) is 9.54. The van der Waals surface area contributed by atoms with Gasteiger partial charge >= 0.3 is 18.1 Å². The highest BCUT2D eigenvalue weighted by Gasteiger charge is 2.40. The van der Waals surface area contributed by atoms with Crippen molar-refractivity contribution in [2.75, 3.05) is 11.7 Å². The summed E-state index contributed by atoms with van der Waals surface area (Å²) in [5.41, 5.74) is 4.48. The van der Waals surface area contributed by atoms with Gasteiger partial charge in [-0.15, -0.1) is 11.3 Å². The van der Waals surface area contributed by atoms with Crippen molar-refractivity contribution in [3.8, 4) is 0 Å². The molecule has 2 heterocycles. The van der Waals surface area contributed by atoms with Gasteiger partial charge in [0.05, 0.1) is 21.2 Å². The highest BCUT2D eigenvalue weighted by molar-refractivity contribution is 7.11. The number of carbonyl (C=O) groups excluding carboxylic acids is 4. The van der Waals surface area contributed by atoms with E-state index in [1.807, 2.05) is 0 Å². The zero-order chi connectivity index (χ0) is 28.4. The van der Waals surface area contributed by atoms with Crippen molar-refractivity contribution in [1.29, 1.82) is 0 Å². The minimum atomic E-state index is -1.10. The van der Waals surface area contributed by atoms with E-state index in [1.54, 1.807) is 52.1 Å². The van der Waals surface area contributed by atoms with Crippen molar-refractivity contribution in [3.63, 3.8) is 0 Å². The lowest BCUT2D eigenvalue weighted by Crippen LogP contribution is -2.47. The Morgan fingerprint density at radius 3 is 2.45 bits per heavy atom. The quantitative estimate of drug-likeness (QED) is 0.210. The molecule has 10 nitrogen and oxygen atoms in total. The van der Waals surface area contributed by atoms with Crippen LogP contribution in [0.3, 0.4) is 0 Å². The van der Waals surface area contributed by atoms with E-state index in [9.17, 15) is 23.6 Å². The fourth-order valence-electron chi connectivity index (χ4n) is 3.54. The molecule has 0 radical (unpaired) electrons. The molecule has 1 aliphatic rings. The highest BCUT2D eigenvalue weighted by atomic mass is 35.5. The molecule has 0 aliphatic carbocycles. The SMILES string of the molecule is CC(C)[C@H](NC(=O)OC(C)(C)C)C(=O)OCO/C(=C1/C(=O)N(C(N)=O)c2cc(Cl)c(F)cc21)c1cccs1. The van der Waals surface area contributed by atoms with Gasteiger partial charge in [-0.25, -0.2) is 23.7 Å². The van der Waals surface area contributed by atoms with E-state index in [0.717, 1.165) is 12.1 Å². The van der Waals surface area contributed by atoms with E-state index in [4.69, 9.17) is 31.5 Å². The van der Waals surface area contributed by atoms with E-state index >= 15 is 0 Å². The van der Waals surface area contributed by atoms with Crippen molar-refractivity contribution >= 4 is 64.0 Å². The summed E-state index contributed by atoms with van der Waals surface area (Å²) in [5.74, 6) is -2.92. The van der Waals surface area contributed by atoms with Gasteiger partial charge in [0.2, 0.25) is 6.79 Å². The van der Waals surface area contributed by atoms with Gasteiger partial charge in [0.15, 0.2) is 5.76 Å². The lowest BCUT2D eigenvalue weighted by Gasteiger charge is -2.24. The number of esters is 1. The lowest BCUT2D eigenvalue weighted by atomic mass is 10.0. The number of halogens is 2. The molecule has 3 rings (SSSR count). The largest absolute Gasteiger partial charge is 0.455 e. The first-order valence-electron chi connectivity index (χ1n) is 11.4. The number of carbonyl (C=O) groups is 4. The van der Waals surface area contributed by atoms with Gasteiger partial charge in [0, 0.05) is 5.56 Å². The number of fused-ring (bicyclic) bond motifs is 1. The molecule has 4 amide bonds. The standard InChI is InChI=1S/C25H27ClFN3O7S/c1-12(2)19(29-24(34)37-25(3,4)5)22(32)36-11-35-20(17-7-6-8-38-17)18-13-9-15(27)14(26)10-16(13)30(21(18)31)23(28)33/h6-10,12,19H,11H2,1-5H3,(H2,28,33)(H,29,34)/b20-18+/t19-/m0/s1. The number of imide groups is 1. The first kappa shape index (κ1) is 28.9. The monoisotopic (exact) mass is 567 g/mol. The molecule has 1 atom stereocenters. The maximum absolute atomic E-state index is 14.4. The molecule has 0 saturated carbocycles. The zero-order valence-electron chi connectivity index (χ0n) is 21.3. The number of benzene rings is 1. The van der Waals surface area contributed by atoms with Gasteiger partial charge in [-0.2, -0.15) is 0 Å². The normalized spacial score (nSPS) is 15.2. The van der Waals surface area contributed by atoms with Gasteiger partial charge in [-0.05, 0) is 50.3 Å². The van der Waals surface area contributed by atoms with Gasteiger partial charge in [0.25, 0.3) is 5.91 Å². The van der Waals surface area contributed by atoms with Crippen LogP contribution in [0.15, 0.2) is 29.6 Å². The highest BCUT2D eigenvalue weighted by Crippen LogP contribution is 2.43. The predicted molar refractivity (Wildman–Crippen MR) is 140 cm³/mol. The van der Waals surface area contributed by atoms with E-state index < -0.39 is 48.3 Å². The van der Waals surface area contributed by atoms with Crippen LogP contribution >= 0.6 is 22.9 Å². The third kappa shape index (κ3) is 6.43. The summed E-state index contributed by atoms with van der Waals surface area (Å²) in [6, 6.07) is 3.27. The molecule has 1 aromatic carbocycles. The van der Waals surface area contributed by atoms with Crippen LogP contribution in [0.2, 0.25) is 5.02 Å². The molecular formula is C25H27ClFN3O7S.